The van der Waals surface area contributed by atoms with Crippen LogP contribution in [0, 0.1) is 13.8 Å². The molecule has 0 spiro atoms. The number of carbonyl (C=O) groups is 2. The van der Waals surface area contributed by atoms with E-state index in [0.717, 1.165) is 28.3 Å². The van der Waals surface area contributed by atoms with Crippen molar-refractivity contribution in [3.8, 4) is 17.2 Å². The number of aryl methyl sites for hydroxylation is 1. The quantitative estimate of drug-likeness (QED) is 0.301. The lowest BCUT2D eigenvalue weighted by molar-refractivity contribution is -0.119. The molecule has 9 nitrogen and oxygen atoms in total. The molecule has 4 rings (SSSR count). The second-order valence-corrected chi connectivity index (χ2v) is 7.64. The molecule has 34 heavy (non-hydrogen) atoms. The summed E-state index contributed by atoms with van der Waals surface area (Å²) in [5, 5.41) is 7.13. The van der Waals surface area contributed by atoms with Crippen LogP contribution in [0.3, 0.4) is 0 Å². The number of ether oxygens (including phenoxy) is 3. The summed E-state index contributed by atoms with van der Waals surface area (Å²) in [5.41, 5.74) is 7.53. The van der Waals surface area contributed by atoms with E-state index in [9.17, 15) is 9.59 Å². The molecule has 2 heterocycles. The van der Waals surface area contributed by atoms with E-state index in [4.69, 9.17) is 14.2 Å². The molecule has 0 aliphatic carbocycles. The number of nitrogens with one attached hydrogen (secondary N) is 2. The lowest BCUT2D eigenvalue weighted by Gasteiger charge is -2.10. The van der Waals surface area contributed by atoms with Crippen LogP contribution in [0.25, 0.3) is 5.69 Å². The fourth-order valence-corrected chi connectivity index (χ4v) is 3.68. The van der Waals surface area contributed by atoms with Crippen molar-refractivity contribution in [2.24, 2.45) is 5.10 Å². The molecular formula is C25H26N4O5. The molecule has 2 aromatic carbocycles. The van der Waals surface area contributed by atoms with E-state index in [1.807, 2.05) is 38.1 Å². The molecule has 0 unspecified atom stereocenters. The van der Waals surface area contributed by atoms with Gasteiger partial charge in [-0.1, -0.05) is 0 Å². The maximum atomic E-state index is 12.2. The predicted molar refractivity (Wildman–Crippen MR) is 128 cm³/mol. The number of esters is 1. The topological polar surface area (TPSA) is 103 Å². The van der Waals surface area contributed by atoms with Gasteiger partial charge in [-0.25, -0.2) is 10.2 Å². The third-order valence-electron chi connectivity index (χ3n) is 5.33. The second kappa shape index (κ2) is 10.1. The predicted octanol–water partition coefficient (Wildman–Crippen LogP) is 3.56. The van der Waals surface area contributed by atoms with Crippen molar-refractivity contribution in [2.45, 2.75) is 20.8 Å². The Balaban J connectivity index is 1.36. The van der Waals surface area contributed by atoms with E-state index in [1.165, 1.54) is 0 Å². The van der Waals surface area contributed by atoms with Crippen LogP contribution in [0.15, 0.2) is 53.6 Å². The number of carbonyl (C=O) groups excluding carboxylic acids is 2. The van der Waals surface area contributed by atoms with Crippen molar-refractivity contribution in [1.82, 2.24) is 9.99 Å². The number of rotatable bonds is 8. The van der Waals surface area contributed by atoms with Crippen LogP contribution < -0.4 is 20.2 Å². The molecule has 1 amide bonds. The molecule has 1 aromatic heterocycles. The van der Waals surface area contributed by atoms with Gasteiger partial charge in [-0.3, -0.25) is 4.79 Å². The highest BCUT2D eigenvalue weighted by atomic mass is 16.7. The summed E-state index contributed by atoms with van der Waals surface area (Å²) in [7, 11) is 0. The smallest absolute Gasteiger partial charge is 0.338 e. The molecular weight excluding hydrogens is 436 g/mol. The first-order valence-corrected chi connectivity index (χ1v) is 10.9. The zero-order chi connectivity index (χ0) is 24.1. The van der Waals surface area contributed by atoms with Gasteiger partial charge in [-0.15, -0.1) is 0 Å². The first kappa shape index (κ1) is 22.9. The summed E-state index contributed by atoms with van der Waals surface area (Å²) < 4.78 is 17.7. The zero-order valence-electron chi connectivity index (χ0n) is 19.3. The van der Waals surface area contributed by atoms with Crippen molar-refractivity contribution >= 4 is 23.8 Å². The fraction of sp³-hybridized carbons (Fsp3) is 0.240. The van der Waals surface area contributed by atoms with Gasteiger partial charge in [0, 0.05) is 34.4 Å². The number of hydrazone groups is 1. The molecule has 2 N–H and O–H groups in total. The van der Waals surface area contributed by atoms with Crippen LogP contribution in [0.5, 0.6) is 11.5 Å². The number of hydrogen-bond donors (Lipinski definition) is 2. The third-order valence-corrected chi connectivity index (χ3v) is 5.33. The minimum atomic E-state index is -0.341. The Kier molecular flexibility index (Phi) is 6.82. The summed E-state index contributed by atoms with van der Waals surface area (Å²) in [6, 6.07) is 14.6. The van der Waals surface area contributed by atoms with Gasteiger partial charge in [0.1, 0.15) is 0 Å². The number of benzene rings is 2. The summed E-state index contributed by atoms with van der Waals surface area (Å²) in [4.78, 5) is 24.0. The van der Waals surface area contributed by atoms with Crippen LogP contribution in [0.4, 0.5) is 5.69 Å². The van der Waals surface area contributed by atoms with Crippen molar-refractivity contribution < 1.29 is 23.8 Å². The maximum Gasteiger partial charge on any atom is 0.338 e. The van der Waals surface area contributed by atoms with Gasteiger partial charge >= 0.3 is 5.97 Å². The summed E-state index contributed by atoms with van der Waals surface area (Å²) in [6.07, 6.45) is 1.62. The molecule has 176 valence electrons. The maximum absolute atomic E-state index is 12.2. The Hall–Kier alpha value is -4.27. The normalized spacial score (nSPS) is 12.1. The van der Waals surface area contributed by atoms with E-state index >= 15 is 0 Å². The molecule has 0 atom stereocenters. The highest BCUT2D eigenvalue weighted by Gasteiger charge is 2.14. The first-order valence-electron chi connectivity index (χ1n) is 10.9. The van der Waals surface area contributed by atoms with Crippen LogP contribution in [-0.2, 0) is 9.53 Å². The number of anilines is 1. The summed E-state index contributed by atoms with van der Waals surface area (Å²) in [6.45, 7) is 6.33. The molecule has 0 saturated heterocycles. The number of hydrogen-bond acceptors (Lipinski definition) is 7. The summed E-state index contributed by atoms with van der Waals surface area (Å²) >= 11 is 0. The van der Waals surface area contributed by atoms with Gasteiger partial charge in [0.05, 0.1) is 24.9 Å². The molecule has 0 saturated carbocycles. The Morgan fingerprint density at radius 3 is 2.62 bits per heavy atom. The number of nitrogens with zero attached hydrogens (tertiary/aromatic N) is 2. The van der Waals surface area contributed by atoms with Gasteiger partial charge in [0.2, 0.25) is 6.79 Å². The van der Waals surface area contributed by atoms with Gasteiger partial charge in [-0.2, -0.15) is 5.10 Å². The molecule has 1 aliphatic heterocycles. The van der Waals surface area contributed by atoms with Crippen LogP contribution >= 0.6 is 0 Å². The van der Waals surface area contributed by atoms with Crippen LogP contribution in [-0.4, -0.2) is 42.6 Å². The van der Waals surface area contributed by atoms with E-state index < -0.39 is 0 Å². The first-order chi connectivity index (χ1) is 16.5. The number of aromatic nitrogens is 1. The van der Waals surface area contributed by atoms with Crippen LogP contribution in [0.2, 0.25) is 0 Å². The van der Waals surface area contributed by atoms with Crippen molar-refractivity contribution in [1.29, 1.82) is 0 Å². The van der Waals surface area contributed by atoms with Gasteiger partial charge in [0.15, 0.2) is 11.5 Å². The van der Waals surface area contributed by atoms with E-state index in [0.29, 0.717) is 23.7 Å². The van der Waals surface area contributed by atoms with E-state index in [-0.39, 0.29) is 25.2 Å². The van der Waals surface area contributed by atoms with Crippen molar-refractivity contribution in [2.75, 3.05) is 25.3 Å². The molecule has 0 radical (unpaired) electrons. The van der Waals surface area contributed by atoms with Crippen molar-refractivity contribution in [3.05, 3.63) is 71.0 Å². The van der Waals surface area contributed by atoms with E-state index in [2.05, 4.69) is 20.4 Å². The lowest BCUT2D eigenvalue weighted by atomic mass is 10.2. The monoisotopic (exact) mass is 462 g/mol. The standard InChI is InChI=1S/C25H26N4O5/c1-4-32-25(31)18-5-8-21(9-6-18)29-16(2)11-19(17(29)3)13-27-28-24(30)14-26-20-7-10-22-23(12-20)34-15-33-22/h5-13,26H,4,14-15H2,1-3H3,(H,28,30)/b27-13+. The molecule has 9 heteroatoms. The largest absolute Gasteiger partial charge is 0.462 e. The van der Waals surface area contributed by atoms with E-state index in [1.54, 1.807) is 37.4 Å². The SMILES string of the molecule is CCOC(=O)c1ccc(-n2c(C)cc(/C=N/NC(=O)CNc3ccc4c(c3)OCO4)c2C)cc1. The highest BCUT2D eigenvalue weighted by Crippen LogP contribution is 2.34. The Morgan fingerprint density at radius 2 is 1.85 bits per heavy atom. The van der Waals surface area contributed by atoms with Gasteiger partial charge < -0.3 is 24.1 Å². The molecule has 0 fully saturated rings. The Morgan fingerprint density at radius 1 is 1.09 bits per heavy atom. The Labute approximate surface area is 197 Å². The minimum Gasteiger partial charge on any atom is -0.462 e. The lowest BCUT2D eigenvalue weighted by Crippen LogP contribution is -2.25. The molecule has 3 aromatic rings. The summed E-state index contributed by atoms with van der Waals surface area (Å²) in [5.74, 6) is 0.713. The average molecular weight is 463 g/mol. The van der Waals surface area contributed by atoms with Crippen LogP contribution in [0.1, 0.15) is 34.2 Å². The molecule has 1 aliphatic rings. The van der Waals surface area contributed by atoms with Gasteiger partial charge in [-0.05, 0) is 63.2 Å². The van der Waals surface area contributed by atoms with Gasteiger partial charge in [0.25, 0.3) is 5.91 Å². The average Bonchev–Trinajstić information content (AvgIpc) is 3.41. The number of fused-ring (bicyclic) bond motifs is 1. The number of amides is 1. The highest BCUT2D eigenvalue weighted by molar-refractivity contribution is 5.89. The third kappa shape index (κ3) is 5.03. The van der Waals surface area contributed by atoms with Crippen molar-refractivity contribution in [3.63, 3.8) is 0 Å². The minimum absolute atomic E-state index is 0.0584. The second-order valence-electron chi connectivity index (χ2n) is 7.64. The Bertz CT molecular complexity index is 1230. The zero-order valence-corrected chi connectivity index (χ0v) is 19.3. The molecule has 0 bridgehead atoms. The fourth-order valence-electron chi connectivity index (χ4n) is 3.68.